The molecule has 1 fully saturated rings. The third kappa shape index (κ3) is 4.86. The Morgan fingerprint density at radius 3 is 2.41 bits per heavy atom. The number of hydrogen-bond donors (Lipinski definition) is 1. The predicted molar refractivity (Wildman–Crippen MR) is 116 cm³/mol. The number of likely N-dealkylation sites (N-methyl/N-ethyl adjacent to an activating group) is 1. The maximum atomic E-state index is 12.8. The Balaban J connectivity index is 1.85. The van der Waals surface area contributed by atoms with Crippen LogP contribution in [0.4, 0.5) is 5.69 Å². The van der Waals surface area contributed by atoms with Crippen molar-refractivity contribution in [3.05, 3.63) is 64.1 Å². The lowest BCUT2D eigenvalue weighted by Gasteiger charge is -2.13. The average molecular weight is 410 g/mol. The molecule has 2 aromatic rings. The molecule has 0 spiro atoms. The number of aryl methyl sites for hydroxylation is 2. The van der Waals surface area contributed by atoms with Gasteiger partial charge in [0.1, 0.15) is 5.75 Å². The number of hydrogen-bond acceptors (Lipinski definition) is 5. The highest BCUT2D eigenvalue weighted by atomic mass is 32.2. The minimum absolute atomic E-state index is 0.0753. The molecule has 3 rings (SSSR count). The highest BCUT2D eigenvalue weighted by molar-refractivity contribution is 8.18. The van der Waals surface area contributed by atoms with Crippen LogP contribution in [0.15, 0.2) is 52.4 Å². The Labute approximate surface area is 173 Å². The molecule has 1 saturated heterocycles. The van der Waals surface area contributed by atoms with E-state index in [1.54, 1.807) is 29.2 Å². The van der Waals surface area contributed by atoms with E-state index in [0.717, 1.165) is 22.4 Å². The van der Waals surface area contributed by atoms with Gasteiger partial charge in [-0.25, -0.2) is 9.79 Å². The summed E-state index contributed by atoms with van der Waals surface area (Å²) < 4.78 is 5.13. The number of aliphatic carboxylic acids is 1. The molecule has 150 valence electrons. The number of nitrogens with zero attached hydrogens (tertiary/aromatic N) is 2. The maximum Gasteiger partial charge on any atom is 0.341 e. The zero-order valence-electron chi connectivity index (χ0n) is 16.5. The zero-order chi connectivity index (χ0) is 21.0. The maximum absolute atomic E-state index is 12.8. The van der Waals surface area contributed by atoms with Gasteiger partial charge in [0, 0.05) is 6.54 Å². The summed E-state index contributed by atoms with van der Waals surface area (Å²) in [6.07, 6.45) is 1.81. The molecule has 0 unspecified atom stereocenters. The second kappa shape index (κ2) is 8.96. The molecule has 6 nitrogen and oxygen atoms in total. The van der Waals surface area contributed by atoms with Crippen LogP contribution in [-0.2, 0) is 9.59 Å². The summed E-state index contributed by atoms with van der Waals surface area (Å²) in [5.41, 5.74) is 3.85. The van der Waals surface area contributed by atoms with Gasteiger partial charge in [-0.3, -0.25) is 9.69 Å². The van der Waals surface area contributed by atoms with Crippen LogP contribution in [0.2, 0.25) is 0 Å². The Morgan fingerprint density at radius 2 is 1.83 bits per heavy atom. The van der Waals surface area contributed by atoms with E-state index in [1.165, 1.54) is 11.8 Å². The fourth-order valence-electron chi connectivity index (χ4n) is 2.90. The van der Waals surface area contributed by atoms with Gasteiger partial charge in [0.25, 0.3) is 5.91 Å². The number of amides is 1. The summed E-state index contributed by atoms with van der Waals surface area (Å²) >= 11 is 1.36. The van der Waals surface area contributed by atoms with E-state index in [-0.39, 0.29) is 5.91 Å². The highest BCUT2D eigenvalue weighted by Crippen LogP contribution is 2.35. The van der Waals surface area contributed by atoms with Crippen molar-refractivity contribution >= 4 is 40.6 Å². The van der Waals surface area contributed by atoms with E-state index >= 15 is 0 Å². The van der Waals surface area contributed by atoms with E-state index in [4.69, 9.17) is 14.8 Å². The molecule has 2 aromatic carbocycles. The summed E-state index contributed by atoms with van der Waals surface area (Å²) in [4.78, 5) is 30.4. The summed E-state index contributed by atoms with van der Waals surface area (Å²) in [7, 11) is 0. The Bertz CT molecular complexity index is 976. The molecule has 1 heterocycles. The number of carbonyl (C=O) groups excluding carboxylic acids is 1. The van der Waals surface area contributed by atoms with Crippen molar-refractivity contribution in [2.24, 2.45) is 4.99 Å². The zero-order valence-corrected chi connectivity index (χ0v) is 17.3. The van der Waals surface area contributed by atoms with Gasteiger partial charge in [-0.2, -0.15) is 0 Å². The van der Waals surface area contributed by atoms with Crippen molar-refractivity contribution in [3.8, 4) is 5.75 Å². The number of benzene rings is 2. The van der Waals surface area contributed by atoms with Crippen LogP contribution in [0, 0.1) is 13.8 Å². The van der Waals surface area contributed by atoms with Crippen LogP contribution >= 0.6 is 11.8 Å². The average Bonchev–Trinajstić information content (AvgIpc) is 2.98. The summed E-state index contributed by atoms with van der Waals surface area (Å²) in [6, 6.07) is 13.0. The standard InChI is InChI=1S/C22H22N2O4S/c1-4-24-21(27)18(12-16-8-10-17(11-9-16)28-13-19(25)26)29-22(24)23-20-14(2)6-5-7-15(20)3/h5-12H,4,13H2,1-3H3,(H,25,26)/b18-12+,23-22?. The van der Waals surface area contributed by atoms with Crippen molar-refractivity contribution in [2.75, 3.05) is 13.2 Å². The Kier molecular flexibility index (Phi) is 6.39. The van der Waals surface area contributed by atoms with Crippen LogP contribution in [0.3, 0.4) is 0 Å². The molecule has 7 heteroatoms. The minimum atomic E-state index is -1.03. The van der Waals surface area contributed by atoms with Crippen LogP contribution in [-0.4, -0.2) is 40.2 Å². The Hall–Kier alpha value is -3.06. The van der Waals surface area contributed by atoms with Crippen LogP contribution in [0.1, 0.15) is 23.6 Å². The molecule has 0 atom stereocenters. The number of rotatable bonds is 6. The molecule has 0 aliphatic carbocycles. The molecule has 1 aliphatic rings. The Morgan fingerprint density at radius 1 is 1.17 bits per heavy atom. The second-order valence-corrected chi connectivity index (χ2v) is 7.56. The summed E-state index contributed by atoms with van der Waals surface area (Å²) in [5, 5.41) is 9.34. The van der Waals surface area contributed by atoms with E-state index in [1.807, 2.05) is 45.0 Å². The molecular weight excluding hydrogens is 388 g/mol. The minimum Gasteiger partial charge on any atom is -0.482 e. The molecule has 1 aliphatic heterocycles. The van der Waals surface area contributed by atoms with E-state index in [2.05, 4.69) is 0 Å². The van der Waals surface area contributed by atoms with Crippen LogP contribution < -0.4 is 4.74 Å². The number of amidine groups is 1. The van der Waals surface area contributed by atoms with Crippen molar-refractivity contribution in [3.63, 3.8) is 0 Å². The first-order valence-corrected chi connectivity index (χ1v) is 10.0. The number of carbonyl (C=O) groups is 2. The normalized spacial score (nSPS) is 16.7. The van der Waals surface area contributed by atoms with Gasteiger partial charge in [-0.1, -0.05) is 30.3 Å². The van der Waals surface area contributed by atoms with Crippen LogP contribution in [0.25, 0.3) is 6.08 Å². The highest BCUT2D eigenvalue weighted by Gasteiger charge is 2.32. The third-order valence-electron chi connectivity index (χ3n) is 4.39. The van der Waals surface area contributed by atoms with Crippen molar-refractivity contribution in [1.82, 2.24) is 4.90 Å². The number of ether oxygens (including phenoxy) is 1. The molecule has 1 amide bonds. The first-order valence-electron chi connectivity index (χ1n) is 9.20. The van der Waals surface area contributed by atoms with E-state index in [0.29, 0.717) is 22.4 Å². The lowest BCUT2D eigenvalue weighted by molar-refractivity contribution is -0.139. The van der Waals surface area contributed by atoms with Gasteiger partial charge < -0.3 is 9.84 Å². The molecule has 0 bridgehead atoms. The monoisotopic (exact) mass is 410 g/mol. The van der Waals surface area contributed by atoms with Gasteiger partial charge in [0.05, 0.1) is 10.6 Å². The fourth-order valence-corrected chi connectivity index (χ4v) is 3.95. The largest absolute Gasteiger partial charge is 0.482 e. The number of para-hydroxylation sites is 1. The van der Waals surface area contributed by atoms with Gasteiger partial charge in [0.15, 0.2) is 11.8 Å². The van der Waals surface area contributed by atoms with Gasteiger partial charge in [0.2, 0.25) is 0 Å². The molecule has 29 heavy (non-hydrogen) atoms. The SMILES string of the molecule is CCN1C(=O)/C(=C\c2ccc(OCC(=O)O)cc2)SC1=Nc1c(C)cccc1C. The molecule has 0 radical (unpaired) electrons. The smallest absolute Gasteiger partial charge is 0.341 e. The van der Waals surface area contributed by atoms with Gasteiger partial charge in [-0.05, 0) is 67.4 Å². The summed E-state index contributed by atoms with van der Waals surface area (Å²) in [6.45, 7) is 6.09. The van der Waals surface area contributed by atoms with Gasteiger partial charge >= 0.3 is 5.97 Å². The van der Waals surface area contributed by atoms with Gasteiger partial charge in [-0.15, -0.1) is 0 Å². The van der Waals surface area contributed by atoms with Crippen molar-refractivity contribution < 1.29 is 19.4 Å². The number of aliphatic imine (C=N–C) groups is 1. The molecule has 1 N–H and O–H groups in total. The van der Waals surface area contributed by atoms with E-state index < -0.39 is 12.6 Å². The molecular formula is C22H22N2O4S. The first kappa shape index (κ1) is 20.7. The quantitative estimate of drug-likeness (QED) is 0.715. The van der Waals surface area contributed by atoms with Crippen molar-refractivity contribution in [2.45, 2.75) is 20.8 Å². The lowest BCUT2D eigenvalue weighted by atomic mass is 10.1. The summed E-state index contributed by atoms with van der Waals surface area (Å²) in [5.74, 6) is -0.638. The molecule has 0 saturated carbocycles. The molecule has 0 aromatic heterocycles. The first-order chi connectivity index (χ1) is 13.9. The third-order valence-corrected chi connectivity index (χ3v) is 5.40. The van der Waals surface area contributed by atoms with E-state index in [9.17, 15) is 9.59 Å². The second-order valence-electron chi connectivity index (χ2n) is 6.55. The fraction of sp³-hybridized carbons (Fsp3) is 0.227. The number of carboxylic acids is 1. The number of carboxylic acid groups (broad SMARTS) is 1. The van der Waals surface area contributed by atoms with Crippen LogP contribution in [0.5, 0.6) is 5.75 Å². The number of thioether (sulfide) groups is 1. The topological polar surface area (TPSA) is 79.2 Å². The predicted octanol–water partition coefficient (Wildman–Crippen LogP) is 4.39. The lowest BCUT2D eigenvalue weighted by Crippen LogP contribution is -2.28. The van der Waals surface area contributed by atoms with Crippen molar-refractivity contribution in [1.29, 1.82) is 0 Å².